The fourth-order valence-corrected chi connectivity index (χ4v) is 4.54. The molecule has 0 N–H and O–H groups in total. The van der Waals surface area contributed by atoms with E-state index >= 15 is 0 Å². The van der Waals surface area contributed by atoms with Crippen LogP contribution >= 0.6 is 11.8 Å². The zero-order valence-corrected chi connectivity index (χ0v) is 28.1. The first-order valence-corrected chi connectivity index (χ1v) is 16.6. The highest BCUT2D eigenvalue weighted by atomic mass is 32.2. The van der Waals surface area contributed by atoms with Crippen molar-refractivity contribution in [3.63, 3.8) is 0 Å². The smallest absolute Gasteiger partial charge is 0.209 e. The predicted molar refractivity (Wildman–Crippen MR) is 184 cm³/mol. The molecule has 1 aromatic carbocycles. The SMILES string of the molecule is C=N/C(=C\C/C=C(\C)CC)SC(=C)OC(=NCc1ccc(S(C)=O)cc1)C(C)CCN(C)C=O.COC1=CC=CCC=C1. The molecule has 2 atom stereocenters. The summed E-state index contributed by atoms with van der Waals surface area (Å²) in [5.74, 6) is 1.44. The number of hydrogen-bond donors (Lipinski definition) is 0. The second-order valence-electron chi connectivity index (χ2n) is 9.78. The summed E-state index contributed by atoms with van der Waals surface area (Å²) in [5, 5.41) is 1.18. The minimum atomic E-state index is -1.02. The average Bonchev–Trinajstić information content (AvgIpc) is 3.30. The van der Waals surface area contributed by atoms with Gasteiger partial charge in [0.05, 0.1) is 18.7 Å². The van der Waals surface area contributed by atoms with Crippen LogP contribution in [0.1, 0.15) is 52.0 Å². The van der Waals surface area contributed by atoms with Gasteiger partial charge in [-0.15, -0.1) is 0 Å². The molecule has 234 valence electrons. The van der Waals surface area contributed by atoms with E-state index in [4.69, 9.17) is 14.5 Å². The molecule has 0 heterocycles. The molecule has 0 saturated carbocycles. The molecule has 0 aliphatic heterocycles. The normalized spacial score (nSPS) is 14.8. The molecule has 9 heteroatoms. The number of amides is 1. The maximum absolute atomic E-state index is 11.6. The van der Waals surface area contributed by atoms with Crippen molar-refractivity contribution in [2.45, 2.75) is 57.9 Å². The molecule has 0 radical (unpaired) electrons. The van der Waals surface area contributed by atoms with Crippen LogP contribution in [0.5, 0.6) is 0 Å². The number of methoxy groups -OCH3 is 1. The number of nitrogens with zero attached hydrogens (tertiary/aromatic N) is 3. The molecule has 43 heavy (non-hydrogen) atoms. The molecule has 2 rings (SSSR count). The van der Waals surface area contributed by atoms with E-state index in [-0.39, 0.29) is 5.92 Å². The monoisotopic (exact) mass is 625 g/mol. The van der Waals surface area contributed by atoms with Crippen LogP contribution in [-0.4, -0.2) is 55.1 Å². The van der Waals surface area contributed by atoms with Gasteiger partial charge < -0.3 is 14.4 Å². The lowest BCUT2D eigenvalue weighted by atomic mass is 10.1. The summed E-state index contributed by atoms with van der Waals surface area (Å²) in [6.07, 6.45) is 20.2. The summed E-state index contributed by atoms with van der Waals surface area (Å²) in [7, 11) is 2.40. The van der Waals surface area contributed by atoms with Crippen LogP contribution in [0.3, 0.4) is 0 Å². The summed E-state index contributed by atoms with van der Waals surface area (Å²) in [4.78, 5) is 22.1. The summed E-state index contributed by atoms with van der Waals surface area (Å²) in [6.45, 7) is 14.9. The van der Waals surface area contributed by atoms with Gasteiger partial charge in [0.2, 0.25) is 6.41 Å². The number of aliphatic imine (C=N–C) groups is 2. The molecule has 0 fully saturated rings. The zero-order chi connectivity index (χ0) is 32.0. The highest BCUT2D eigenvalue weighted by Gasteiger charge is 2.16. The lowest BCUT2D eigenvalue weighted by Gasteiger charge is -2.19. The third-order valence-electron chi connectivity index (χ3n) is 6.28. The minimum Gasteiger partial charge on any atom is -0.497 e. The van der Waals surface area contributed by atoms with Crippen LogP contribution in [0, 0.1) is 5.92 Å². The number of rotatable bonds is 16. The first-order chi connectivity index (χ1) is 20.6. The first kappa shape index (κ1) is 37.6. The van der Waals surface area contributed by atoms with Gasteiger partial charge in [0.15, 0.2) is 11.0 Å². The van der Waals surface area contributed by atoms with Gasteiger partial charge in [0.25, 0.3) is 0 Å². The Morgan fingerprint density at radius 2 is 1.95 bits per heavy atom. The second-order valence-corrected chi connectivity index (χ2v) is 12.2. The van der Waals surface area contributed by atoms with Crippen LogP contribution in [0.15, 0.2) is 110 Å². The Hall–Kier alpha value is -3.43. The van der Waals surface area contributed by atoms with E-state index in [1.165, 1.54) is 17.3 Å². The quantitative estimate of drug-likeness (QED) is 0.0612. The average molecular weight is 626 g/mol. The molecular weight excluding hydrogens is 579 g/mol. The van der Waals surface area contributed by atoms with E-state index in [0.29, 0.717) is 30.5 Å². The Morgan fingerprint density at radius 3 is 2.56 bits per heavy atom. The molecule has 1 amide bonds. The summed E-state index contributed by atoms with van der Waals surface area (Å²) in [5.41, 5.74) is 2.30. The number of ether oxygens (including phenoxy) is 2. The summed E-state index contributed by atoms with van der Waals surface area (Å²) >= 11 is 1.31. The van der Waals surface area contributed by atoms with E-state index < -0.39 is 10.8 Å². The first-order valence-electron chi connectivity index (χ1n) is 14.2. The Bertz CT molecular complexity index is 1240. The lowest BCUT2D eigenvalue weighted by Crippen LogP contribution is -2.23. The van der Waals surface area contributed by atoms with Gasteiger partial charge in [-0.1, -0.05) is 55.9 Å². The van der Waals surface area contributed by atoms with E-state index in [9.17, 15) is 9.00 Å². The maximum Gasteiger partial charge on any atom is 0.209 e. The van der Waals surface area contributed by atoms with Gasteiger partial charge in [0.1, 0.15) is 5.76 Å². The summed E-state index contributed by atoms with van der Waals surface area (Å²) in [6, 6.07) is 7.53. The van der Waals surface area contributed by atoms with Crippen molar-refractivity contribution >= 4 is 41.6 Å². The van der Waals surface area contributed by atoms with E-state index in [1.807, 2.05) is 55.5 Å². The van der Waals surface area contributed by atoms with Crippen molar-refractivity contribution in [3.8, 4) is 0 Å². The highest BCUT2D eigenvalue weighted by Crippen LogP contribution is 2.28. The molecule has 0 spiro atoms. The molecule has 2 unspecified atom stereocenters. The maximum atomic E-state index is 11.6. The number of benzene rings is 1. The van der Waals surface area contributed by atoms with Crippen molar-refractivity contribution in [1.29, 1.82) is 0 Å². The Balaban J connectivity index is 0.000000869. The lowest BCUT2D eigenvalue weighted by molar-refractivity contribution is -0.117. The number of carbonyl (C=O) groups is 1. The van der Waals surface area contributed by atoms with Crippen LogP contribution in [-0.2, 0) is 31.6 Å². The van der Waals surface area contributed by atoms with E-state index in [0.717, 1.165) is 46.9 Å². The third kappa shape index (κ3) is 16.7. The third-order valence-corrected chi connectivity index (χ3v) is 8.04. The molecule has 7 nitrogen and oxygen atoms in total. The van der Waals surface area contributed by atoms with Crippen molar-refractivity contribution in [3.05, 3.63) is 100 Å². The number of carbonyl (C=O) groups excluding carboxylic acids is 1. The Kier molecular flexibility index (Phi) is 19.4. The molecule has 1 aromatic rings. The van der Waals surface area contributed by atoms with Crippen LogP contribution in [0.4, 0.5) is 0 Å². The van der Waals surface area contributed by atoms with Crippen molar-refractivity contribution in [2.75, 3.05) is 27.0 Å². The van der Waals surface area contributed by atoms with Gasteiger partial charge in [-0.2, -0.15) is 0 Å². The van der Waals surface area contributed by atoms with Gasteiger partial charge in [0, 0.05) is 41.5 Å². The molecule has 0 bridgehead atoms. The van der Waals surface area contributed by atoms with Gasteiger partial charge >= 0.3 is 0 Å². The number of hydrogen-bond acceptors (Lipinski definition) is 7. The molecular formula is C34H47N3O4S2. The van der Waals surface area contributed by atoms with Crippen LogP contribution in [0.25, 0.3) is 0 Å². The van der Waals surface area contributed by atoms with Crippen LogP contribution < -0.4 is 0 Å². The largest absolute Gasteiger partial charge is 0.497 e. The Morgan fingerprint density at radius 1 is 1.23 bits per heavy atom. The summed E-state index contributed by atoms with van der Waals surface area (Å²) < 4.78 is 22.7. The van der Waals surface area contributed by atoms with Crippen molar-refractivity contribution in [1.82, 2.24) is 4.90 Å². The number of allylic oxidation sites excluding steroid dienone is 8. The van der Waals surface area contributed by atoms with Crippen molar-refractivity contribution < 1.29 is 18.5 Å². The predicted octanol–water partition coefficient (Wildman–Crippen LogP) is 7.98. The van der Waals surface area contributed by atoms with E-state index in [1.54, 1.807) is 25.3 Å². The van der Waals surface area contributed by atoms with Gasteiger partial charge in [-0.3, -0.25) is 19.0 Å². The van der Waals surface area contributed by atoms with E-state index in [2.05, 4.69) is 50.4 Å². The fraction of sp³-hybridized carbons (Fsp3) is 0.382. The Labute approximate surface area is 265 Å². The number of thioether (sulfide) groups is 1. The topological polar surface area (TPSA) is 80.6 Å². The minimum absolute atomic E-state index is 0.0265. The molecule has 0 saturated heterocycles. The fourth-order valence-electron chi connectivity index (χ4n) is 3.41. The van der Waals surface area contributed by atoms with Gasteiger partial charge in [-0.05, 0) is 93.6 Å². The van der Waals surface area contributed by atoms with Crippen LogP contribution in [0.2, 0.25) is 0 Å². The molecule has 0 aromatic heterocycles. The second kappa shape index (κ2) is 22.2. The standard InChI is InChI=1S/C26H37N3O3S2.C8H10O/c1-8-20(2)10-9-11-25(27-5)33-22(4)32-26(21(3)16-17-29(6)19-30)28-18-23-12-14-24(15-13-23)34(7)31;1-9-8-6-4-2-3-5-7-8/h10-15,19,21H,4-5,8-9,16-18H2,1-3,6-7H3;2,4-7H,3H2,1H3/b20-10+,25-11+,28-26?;. The zero-order valence-electron chi connectivity index (χ0n) is 26.5. The van der Waals surface area contributed by atoms with Crippen molar-refractivity contribution in [2.24, 2.45) is 15.9 Å². The highest BCUT2D eigenvalue weighted by molar-refractivity contribution is 8.06. The molecule has 1 aliphatic rings. The van der Waals surface area contributed by atoms with Gasteiger partial charge in [-0.25, -0.2) is 0 Å². The molecule has 1 aliphatic carbocycles.